The van der Waals surface area contributed by atoms with Crippen LogP contribution in [0.1, 0.15) is 11.1 Å². The van der Waals surface area contributed by atoms with E-state index in [0.29, 0.717) is 24.5 Å². The van der Waals surface area contributed by atoms with Gasteiger partial charge in [0.1, 0.15) is 12.4 Å². The molecule has 0 saturated carbocycles. The second kappa shape index (κ2) is 8.93. The first kappa shape index (κ1) is 19.9. The third-order valence-corrected chi connectivity index (χ3v) is 4.79. The molecule has 7 heteroatoms. The zero-order valence-electron chi connectivity index (χ0n) is 16.5. The molecule has 7 nitrogen and oxygen atoms in total. The highest BCUT2D eigenvalue weighted by Gasteiger charge is 2.06. The molecular weight excluding hydrogens is 392 g/mol. The minimum Gasteiger partial charge on any atom is -0.489 e. The highest BCUT2D eigenvalue weighted by molar-refractivity contribution is 5.75. The fraction of sp³-hybridized carbons (Fsp3) is 0.0833. The molecule has 0 amide bonds. The smallest absolute Gasteiger partial charge is 0.269 e. The number of imidazole rings is 1. The summed E-state index contributed by atoms with van der Waals surface area (Å²) in [7, 11) is 0. The van der Waals surface area contributed by atoms with Gasteiger partial charge in [0, 0.05) is 17.7 Å². The lowest BCUT2D eigenvalue weighted by Gasteiger charge is -2.07. The van der Waals surface area contributed by atoms with Crippen LogP contribution in [-0.4, -0.2) is 14.5 Å². The molecule has 0 atom stereocenters. The Morgan fingerprint density at radius 3 is 2.55 bits per heavy atom. The van der Waals surface area contributed by atoms with Crippen LogP contribution in [0.25, 0.3) is 17.1 Å². The number of aromatic nitrogens is 2. The van der Waals surface area contributed by atoms with E-state index in [4.69, 9.17) is 4.74 Å². The summed E-state index contributed by atoms with van der Waals surface area (Å²) >= 11 is 0. The van der Waals surface area contributed by atoms with Crippen molar-refractivity contribution in [3.05, 3.63) is 106 Å². The second-order valence-corrected chi connectivity index (χ2v) is 6.92. The Morgan fingerprint density at radius 2 is 1.84 bits per heavy atom. The summed E-state index contributed by atoms with van der Waals surface area (Å²) in [4.78, 5) is 14.6. The largest absolute Gasteiger partial charge is 0.489 e. The van der Waals surface area contributed by atoms with E-state index in [1.807, 2.05) is 59.2 Å². The molecular formula is C24H18N4O3. The van der Waals surface area contributed by atoms with Gasteiger partial charge in [-0.1, -0.05) is 24.3 Å². The Kier molecular flexibility index (Phi) is 5.72. The van der Waals surface area contributed by atoms with Crippen molar-refractivity contribution < 1.29 is 9.66 Å². The van der Waals surface area contributed by atoms with Gasteiger partial charge in [-0.05, 0) is 53.6 Å². The lowest BCUT2D eigenvalue weighted by Crippen LogP contribution is -1.98. The predicted octanol–water partition coefficient (Wildman–Crippen LogP) is 5.13. The van der Waals surface area contributed by atoms with Crippen molar-refractivity contribution in [3.63, 3.8) is 0 Å². The maximum atomic E-state index is 10.7. The van der Waals surface area contributed by atoms with Gasteiger partial charge in [0.15, 0.2) is 0 Å². The molecule has 0 radical (unpaired) electrons. The van der Waals surface area contributed by atoms with E-state index in [-0.39, 0.29) is 5.69 Å². The summed E-state index contributed by atoms with van der Waals surface area (Å²) in [5.41, 5.74) is 4.28. The number of hydrogen-bond acceptors (Lipinski definition) is 5. The molecule has 0 fully saturated rings. The molecule has 4 aromatic rings. The Morgan fingerprint density at radius 1 is 1.10 bits per heavy atom. The number of fused-ring (bicyclic) bond motifs is 1. The molecule has 0 aliphatic rings. The van der Waals surface area contributed by atoms with Gasteiger partial charge < -0.3 is 9.30 Å². The van der Waals surface area contributed by atoms with Crippen molar-refractivity contribution in [2.45, 2.75) is 13.2 Å². The number of allylic oxidation sites excluding steroid dienone is 1. The Hall–Kier alpha value is -4.44. The minimum absolute atomic E-state index is 0.0527. The van der Waals surface area contributed by atoms with Gasteiger partial charge in [-0.25, -0.2) is 4.98 Å². The standard InChI is InChI=1S/C24H18N4O3/c25-14-20(15-27-17-26-23-3-1-2-4-24(23)27)13-18-7-11-22(12-8-18)31-16-19-5-9-21(10-6-19)28(29)30/h1-13,17H,15-16H2/b20-13-. The maximum Gasteiger partial charge on any atom is 0.269 e. The van der Waals surface area contributed by atoms with Crippen LogP contribution in [0.2, 0.25) is 0 Å². The quantitative estimate of drug-likeness (QED) is 0.239. The number of rotatable bonds is 7. The highest BCUT2D eigenvalue weighted by atomic mass is 16.6. The van der Waals surface area contributed by atoms with Crippen molar-refractivity contribution in [3.8, 4) is 11.8 Å². The zero-order chi connectivity index (χ0) is 21.6. The van der Waals surface area contributed by atoms with E-state index < -0.39 is 4.92 Å². The summed E-state index contributed by atoms with van der Waals surface area (Å²) in [5.74, 6) is 0.676. The molecule has 152 valence electrons. The van der Waals surface area contributed by atoms with Crippen LogP contribution in [0, 0.1) is 21.4 Å². The van der Waals surface area contributed by atoms with Crippen molar-refractivity contribution in [1.82, 2.24) is 9.55 Å². The van der Waals surface area contributed by atoms with Crippen molar-refractivity contribution >= 4 is 22.8 Å². The number of non-ortho nitro benzene ring substituents is 1. The highest BCUT2D eigenvalue weighted by Crippen LogP contribution is 2.19. The third-order valence-electron chi connectivity index (χ3n) is 4.79. The molecule has 0 saturated heterocycles. The molecule has 0 N–H and O–H groups in total. The minimum atomic E-state index is -0.429. The first-order chi connectivity index (χ1) is 15.1. The van der Waals surface area contributed by atoms with Crippen LogP contribution in [0.4, 0.5) is 5.69 Å². The molecule has 0 unspecified atom stereocenters. The third kappa shape index (κ3) is 4.77. The summed E-state index contributed by atoms with van der Waals surface area (Å²) in [6.07, 6.45) is 3.58. The van der Waals surface area contributed by atoms with E-state index >= 15 is 0 Å². The first-order valence-corrected chi connectivity index (χ1v) is 9.59. The summed E-state index contributed by atoms with van der Waals surface area (Å²) in [6.45, 7) is 0.750. The topological polar surface area (TPSA) is 94.0 Å². The summed E-state index contributed by atoms with van der Waals surface area (Å²) in [5, 5.41) is 20.3. The lowest BCUT2D eigenvalue weighted by molar-refractivity contribution is -0.384. The number of nitrogens with zero attached hydrogens (tertiary/aromatic N) is 4. The van der Waals surface area contributed by atoms with Crippen LogP contribution < -0.4 is 4.74 Å². The molecule has 0 aliphatic carbocycles. The zero-order valence-corrected chi connectivity index (χ0v) is 16.5. The summed E-state index contributed by atoms with van der Waals surface area (Å²) < 4.78 is 7.69. The van der Waals surface area contributed by atoms with Gasteiger partial charge in [-0.15, -0.1) is 0 Å². The molecule has 1 aromatic heterocycles. The van der Waals surface area contributed by atoms with Crippen LogP contribution in [0.5, 0.6) is 5.75 Å². The number of hydrogen-bond donors (Lipinski definition) is 0. The average Bonchev–Trinajstić information content (AvgIpc) is 3.21. The van der Waals surface area contributed by atoms with Gasteiger partial charge in [0.2, 0.25) is 0 Å². The number of nitro groups is 1. The molecule has 0 bridgehead atoms. The fourth-order valence-electron chi connectivity index (χ4n) is 3.18. The number of nitro benzene ring substituents is 1. The maximum absolute atomic E-state index is 10.7. The number of ether oxygens (including phenoxy) is 1. The number of para-hydroxylation sites is 2. The Labute approximate surface area is 178 Å². The molecule has 0 aliphatic heterocycles. The molecule has 1 heterocycles. The van der Waals surface area contributed by atoms with Crippen LogP contribution >= 0.6 is 0 Å². The van der Waals surface area contributed by atoms with Gasteiger partial charge in [0.05, 0.1) is 34.9 Å². The SMILES string of the molecule is N#C/C(=C/c1ccc(OCc2ccc([N+](=O)[O-])cc2)cc1)Cn1cnc2ccccc21. The molecule has 4 rings (SSSR count). The normalized spacial score (nSPS) is 11.3. The number of nitriles is 1. The van der Waals surface area contributed by atoms with Gasteiger partial charge in [-0.3, -0.25) is 10.1 Å². The monoisotopic (exact) mass is 410 g/mol. The first-order valence-electron chi connectivity index (χ1n) is 9.59. The van der Waals surface area contributed by atoms with E-state index in [2.05, 4.69) is 11.1 Å². The van der Waals surface area contributed by atoms with Crippen molar-refractivity contribution in [1.29, 1.82) is 5.26 Å². The lowest BCUT2D eigenvalue weighted by atomic mass is 10.1. The second-order valence-electron chi connectivity index (χ2n) is 6.92. The Bertz CT molecular complexity index is 1280. The summed E-state index contributed by atoms with van der Waals surface area (Å²) in [6, 6.07) is 23.8. The van der Waals surface area contributed by atoms with E-state index in [0.717, 1.165) is 22.2 Å². The van der Waals surface area contributed by atoms with Crippen LogP contribution in [0.3, 0.4) is 0 Å². The van der Waals surface area contributed by atoms with Gasteiger partial charge >= 0.3 is 0 Å². The van der Waals surface area contributed by atoms with E-state index in [1.54, 1.807) is 18.5 Å². The predicted molar refractivity (Wildman–Crippen MR) is 117 cm³/mol. The average molecular weight is 410 g/mol. The molecule has 0 spiro atoms. The fourth-order valence-corrected chi connectivity index (χ4v) is 3.18. The molecule has 31 heavy (non-hydrogen) atoms. The van der Waals surface area contributed by atoms with Crippen LogP contribution in [-0.2, 0) is 13.2 Å². The van der Waals surface area contributed by atoms with Crippen LogP contribution in [0.15, 0.2) is 84.7 Å². The van der Waals surface area contributed by atoms with Gasteiger partial charge in [-0.2, -0.15) is 5.26 Å². The van der Waals surface area contributed by atoms with E-state index in [1.165, 1.54) is 12.1 Å². The Balaban J connectivity index is 1.41. The van der Waals surface area contributed by atoms with Crippen molar-refractivity contribution in [2.75, 3.05) is 0 Å². The van der Waals surface area contributed by atoms with Crippen molar-refractivity contribution in [2.24, 2.45) is 0 Å². The van der Waals surface area contributed by atoms with E-state index in [9.17, 15) is 15.4 Å². The van der Waals surface area contributed by atoms with Gasteiger partial charge in [0.25, 0.3) is 5.69 Å². The number of benzene rings is 3. The molecule has 3 aromatic carbocycles.